The number of nitrogens with zero attached hydrogens (tertiary/aromatic N) is 3. The van der Waals surface area contributed by atoms with Gasteiger partial charge in [-0.2, -0.15) is 0 Å². The van der Waals surface area contributed by atoms with Gasteiger partial charge in [-0.15, -0.1) is 0 Å². The molecule has 122 valence electrons. The summed E-state index contributed by atoms with van der Waals surface area (Å²) < 4.78 is 0. The van der Waals surface area contributed by atoms with Gasteiger partial charge in [0, 0.05) is 70.0 Å². The van der Waals surface area contributed by atoms with Crippen molar-refractivity contribution in [3.63, 3.8) is 0 Å². The molecule has 1 aromatic rings. The topological polar surface area (TPSA) is 21.8 Å². The summed E-state index contributed by atoms with van der Waals surface area (Å²) in [6.45, 7) is 10.2. The Bertz CT molecular complexity index is 467. The lowest BCUT2D eigenvalue weighted by atomic mass is 10.0. The van der Waals surface area contributed by atoms with Gasteiger partial charge in [0.1, 0.15) is 0 Å². The Hall–Kier alpha value is -0.650. The second kappa shape index (κ2) is 7.75. The monoisotopic (exact) mass is 322 g/mol. The largest absolute Gasteiger partial charge is 0.314 e. The van der Waals surface area contributed by atoms with Crippen molar-refractivity contribution in [2.45, 2.75) is 6.04 Å². The predicted molar refractivity (Wildman–Crippen MR) is 92.6 cm³/mol. The van der Waals surface area contributed by atoms with Crippen molar-refractivity contribution in [1.82, 2.24) is 20.0 Å². The standard InChI is InChI=1S/C17H27ClN4/c1-20-9-11-21(12-10-20)14-17(22-7-5-19-6-8-22)15-3-2-4-16(18)13-15/h2-4,13,17,19H,5-12,14H2,1H3. The minimum atomic E-state index is 0.448. The first-order chi connectivity index (χ1) is 10.7. The van der Waals surface area contributed by atoms with Gasteiger partial charge in [-0.3, -0.25) is 9.80 Å². The van der Waals surface area contributed by atoms with Gasteiger partial charge < -0.3 is 10.2 Å². The summed E-state index contributed by atoms with van der Waals surface area (Å²) >= 11 is 6.24. The Morgan fingerprint density at radius 2 is 1.82 bits per heavy atom. The molecule has 0 spiro atoms. The first-order valence-corrected chi connectivity index (χ1v) is 8.71. The van der Waals surface area contributed by atoms with Gasteiger partial charge in [0.05, 0.1) is 0 Å². The summed E-state index contributed by atoms with van der Waals surface area (Å²) in [5.41, 5.74) is 1.35. The summed E-state index contributed by atoms with van der Waals surface area (Å²) in [5.74, 6) is 0. The smallest absolute Gasteiger partial charge is 0.0476 e. The maximum Gasteiger partial charge on any atom is 0.0476 e. The van der Waals surface area contributed by atoms with E-state index < -0.39 is 0 Å². The molecule has 2 heterocycles. The van der Waals surface area contributed by atoms with Crippen LogP contribution in [0.25, 0.3) is 0 Å². The predicted octanol–water partition coefficient (Wildman–Crippen LogP) is 1.53. The van der Waals surface area contributed by atoms with E-state index >= 15 is 0 Å². The van der Waals surface area contributed by atoms with Crippen molar-refractivity contribution in [1.29, 1.82) is 0 Å². The van der Waals surface area contributed by atoms with Crippen LogP contribution in [0.3, 0.4) is 0 Å². The number of rotatable bonds is 4. The molecular formula is C17H27ClN4. The van der Waals surface area contributed by atoms with Gasteiger partial charge in [-0.1, -0.05) is 23.7 Å². The van der Waals surface area contributed by atoms with Crippen LogP contribution in [0, 0.1) is 0 Å². The molecule has 0 radical (unpaired) electrons. The molecule has 0 saturated carbocycles. The number of piperazine rings is 2. The Kier molecular flexibility index (Phi) is 5.71. The SMILES string of the molecule is CN1CCN(CC(c2cccc(Cl)c2)N2CCNCC2)CC1. The van der Waals surface area contributed by atoms with Crippen LogP contribution in [0.5, 0.6) is 0 Å². The van der Waals surface area contributed by atoms with Crippen molar-refractivity contribution in [2.24, 2.45) is 0 Å². The van der Waals surface area contributed by atoms with E-state index in [1.54, 1.807) is 0 Å². The molecule has 1 atom stereocenters. The van der Waals surface area contributed by atoms with Crippen molar-refractivity contribution in [2.75, 3.05) is 66.0 Å². The molecule has 2 aliphatic rings. The van der Waals surface area contributed by atoms with E-state index in [2.05, 4.69) is 45.3 Å². The van der Waals surface area contributed by atoms with E-state index in [4.69, 9.17) is 11.6 Å². The van der Waals surface area contributed by atoms with Gasteiger partial charge in [0.25, 0.3) is 0 Å². The molecule has 4 nitrogen and oxygen atoms in total. The van der Waals surface area contributed by atoms with Crippen LogP contribution < -0.4 is 5.32 Å². The first kappa shape index (κ1) is 16.2. The third kappa shape index (κ3) is 4.21. The molecule has 0 aliphatic carbocycles. The average molecular weight is 323 g/mol. The van der Waals surface area contributed by atoms with Crippen LogP contribution in [-0.4, -0.2) is 80.7 Å². The Morgan fingerprint density at radius 3 is 2.50 bits per heavy atom. The molecule has 22 heavy (non-hydrogen) atoms. The van der Waals surface area contributed by atoms with Gasteiger partial charge in [0.15, 0.2) is 0 Å². The number of halogens is 1. The highest BCUT2D eigenvalue weighted by Crippen LogP contribution is 2.25. The van der Waals surface area contributed by atoms with Crippen LogP contribution in [0.4, 0.5) is 0 Å². The lowest BCUT2D eigenvalue weighted by Gasteiger charge is -2.40. The van der Waals surface area contributed by atoms with Crippen LogP contribution >= 0.6 is 11.6 Å². The molecule has 1 aromatic carbocycles. The van der Waals surface area contributed by atoms with Crippen LogP contribution in [-0.2, 0) is 0 Å². The lowest BCUT2D eigenvalue weighted by Crippen LogP contribution is -2.51. The summed E-state index contributed by atoms with van der Waals surface area (Å²) in [4.78, 5) is 7.63. The number of likely N-dealkylation sites (N-methyl/N-ethyl adjacent to an activating group) is 1. The molecule has 0 aromatic heterocycles. The molecule has 3 rings (SSSR count). The average Bonchev–Trinajstić information content (AvgIpc) is 2.55. The van der Waals surface area contributed by atoms with Crippen molar-refractivity contribution < 1.29 is 0 Å². The minimum Gasteiger partial charge on any atom is -0.314 e. The van der Waals surface area contributed by atoms with Gasteiger partial charge in [-0.25, -0.2) is 0 Å². The second-order valence-corrected chi connectivity index (χ2v) is 6.90. The quantitative estimate of drug-likeness (QED) is 0.907. The fourth-order valence-corrected chi connectivity index (χ4v) is 3.61. The molecular weight excluding hydrogens is 296 g/mol. The molecule has 1 unspecified atom stereocenters. The fourth-order valence-electron chi connectivity index (χ4n) is 3.41. The highest BCUT2D eigenvalue weighted by molar-refractivity contribution is 6.30. The molecule has 0 bridgehead atoms. The zero-order chi connectivity index (χ0) is 15.4. The zero-order valence-corrected chi connectivity index (χ0v) is 14.2. The molecule has 2 fully saturated rings. The summed E-state index contributed by atoms with van der Waals surface area (Å²) in [6, 6.07) is 8.87. The molecule has 5 heteroatoms. The Morgan fingerprint density at radius 1 is 1.09 bits per heavy atom. The molecule has 0 amide bonds. The van der Waals surface area contributed by atoms with Gasteiger partial charge >= 0.3 is 0 Å². The lowest BCUT2D eigenvalue weighted by molar-refractivity contribution is 0.0923. The van der Waals surface area contributed by atoms with Crippen molar-refractivity contribution in [3.05, 3.63) is 34.9 Å². The van der Waals surface area contributed by atoms with E-state index in [-0.39, 0.29) is 0 Å². The first-order valence-electron chi connectivity index (χ1n) is 8.33. The van der Waals surface area contributed by atoms with E-state index in [0.717, 1.165) is 37.7 Å². The van der Waals surface area contributed by atoms with Crippen molar-refractivity contribution >= 4 is 11.6 Å². The van der Waals surface area contributed by atoms with E-state index in [0.29, 0.717) is 6.04 Å². The molecule has 2 saturated heterocycles. The maximum absolute atomic E-state index is 6.24. The third-order valence-corrected chi connectivity index (χ3v) is 5.09. The number of hydrogen-bond donors (Lipinski definition) is 1. The Balaban J connectivity index is 1.73. The van der Waals surface area contributed by atoms with E-state index in [1.807, 2.05) is 6.07 Å². The summed E-state index contributed by atoms with van der Waals surface area (Å²) in [6.07, 6.45) is 0. The van der Waals surface area contributed by atoms with E-state index in [1.165, 1.54) is 31.7 Å². The summed E-state index contributed by atoms with van der Waals surface area (Å²) in [7, 11) is 2.21. The molecule has 1 N–H and O–H groups in total. The van der Waals surface area contributed by atoms with E-state index in [9.17, 15) is 0 Å². The number of benzene rings is 1. The zero-order valence-electron chi connectivity index (χ0n) is 13.5. The summed E-state index contributed by atoms with van der Waals surface area (Å²) in [5, 5.41) is 4.30. The van der Waals surface area contributed by atoms with Crippen LogP contribution in [0.2, 0.25) is 5.02 Å². The highest BCUT2D eigenvalue weighted by Gasteiger charge is 2.26. The van der Waals surface area contributed by atoms with Gasteiger partial charge in [-0.05, 0) is 24.7 Å². The highest BCUT2D eigenvalue weighted by atomic mass is 35.5. The van der Waals surface area contributed by atoms with Crippen LogP contribution in [0.1, 0.15) is 11.6 Å². The normalized spacial score (nSPS) is 23.5. The number of nitrogens with one attached hydrogen (secondary N) is 1. The third-order valence-electron chi connectivity index (χ3n) is 4.85. The van der Waals surface area contributed by atoms with Crippen molar-refractivity contribution in [3.8, 4) is 0 Å². The maximum atomic E-state index is 6.24. The number of hydrogen-bond acceptors (Lipinski definition) is 4. The second-order valence-electron chi connectivity index (χ2n) is 6.46. The van der Waals surface area contributed by atoms with Crippen LogP contribution in [0.15, 0.2) is 24.3 Å². The minimum absolute atomic E-state index is 0.448. The Labute approximate surface area is 139 Å². The van der Waals surface area contributed by atoms with Gasteiger partial charge in [0.2, 0.25) is 0 Å². The molecule has 2 aliphatic heterocycles. The fraction of sp³-hybridized carbons (Fsp3) is 0.647.